The fourth-order valence-electron chi connectivity index (χ4n) is 4.73. The molecule has 4 heterocycles. The Hall–Kier alpha value is -3.20. The summed E-state index contributed by atoms with van der Waals surface area (Å²) in [5, 5.41) is 9.84. The Morgan fingerprint density at radius 2 is 1.70 bits per heavy atom. The molecular formula is C25H27N5O3. The van der Waals surface area contributed by atoms with Gasteiger partial charge in [0.1, 0.15) is 5.69 Å². The highest BCUT2D eigenvalue weighted by Crippen LogP contribution is 2.30. The van der Waals surface area contributed by atoms with Crippen LogP contribution >= 0.6 is 0 Å². The van der Waals surface area contributed by atoms with Crippen molar-refractivity contribution in [2.24, 2.45) is 0 Å². The number of aromatic nitrogens is 3. The molecule has 0 atom stereocenters. The predicted molar refractivity (Wildman–Crippen MR) is 126 cm³/mol. The zero-order valence-corrected chi connectivity index (χ0v) is 18.5. The average molecular weight is 446 g/mol. The topological polar surface area (TPSA) is 86.5 Å². The molecule has 1 amide bonds. The first-order valence-corrected chi connectivity index (χ1v) is 11.5. The van der Waals surface area contributed by atoms with Gasteiger partial charge in [-0.2, -0.15) is 5.10 Å². The van der Waals surface area contributed by atoms with Crippen LogP contribution in [0.4, 0.5) is 0 Å². The highest BCUT2D eigenvalue weighted by Gasteiger charge is 2.20. The van der Waals surface area contributed by atoms with Crippen molar-refractivity contribution in [2.75, 3.05) is 52.6 Å². The van der Waals surface area contributed by atoms with E-state index < -0.39 is 0 Å². The van der Waals surface area contributed by atoms with Crippen molar-refractivity contribution in [1.29, 1.82) is 0 Å². The summed E-state index contributed by atoms with van der Waals surface area (Å²) >= 11 is 0. The third kappa shape index (κ3) is 4.01. The van der Waals surface area contributed by atoms with Crippen molar-refractivity contribution < 1.29 is 14.3 Å². The van der Waals surface area contributed by atoms with Crippen LogP contribution in [-0.4, -0.2) is 83.5 Å². The van der Waals surface area contributed by atoms with Gasteiger partial charge in [-0.05, 0) is 42.0 Å². The summed E-state index contributed by atoms with van der Waals surface area (Å²) in [5.41, 5.74) is 5.74. The van der Waals surface area contributed by atoms with Gasteiger partial charge in [-0.1, -0.05) is 6.07 Å². The number of carbonyl (C=O) groups is 1. The molecule has 0 bridgehead atoms. The van der Waals surface area contributed by atoms with Crippen LogP contribution in [-0.2, 0) is 16.0 Å². The molecule has 0 radical (unpaired) electrons. The average Bonchev–Trinajstić information content (AvgIpc) is 3.48. The summed E-state index contributed by atoms with van der Waals surface area (Å²) in [6.45, 7) is 6.96. The first kappa shape index (κ1) is 20.4. The lowest BCUT2D eigenvalue weighted by Crippen LogP contribution is -2.40. The van der Waals surface area contributed by atoms with Gasteiger partial charge in [-0.25, -0.2) is 0 Å². The summed E-state index contributed by atoms with van der Waals surface area (Å²) in [6, 6.07) is 14.5. The maximum Gasteiger partial charge on any atom is 0.254 e. The minimum absolute atomic E-state index is 0.0368. The molecule has 2 saturated heterocycles. The largest absolute Gasteiger partial charge is 0.379 e. The quantitative estimate of drug-likeness (QED) is 0.504. The molecule has 2 fully saturated rings. The van der Waals surface area contributed by atoms with E-state index in [9.17, 15) is 4.79 Å². The van der Waals surface area contributed by atoms with Crippen LogP contribution in [0, 0.1) is 0 Å². The van der Waals surface area contributed by atoms with E-state index in [1.165, 1.54) is 10.9 Å². The maximum absolute atomic E-state index is 12.8. The molecule has 4 aromatic rings. The Bertz CT molecular complexity index is 1300. The van der Waals surface area contributed by atoms with Crippen molar-refractivity contribution >= 4 is 27.7 Å². The van der Waals surface area contributed by atoms with Crippen LogP contribution in [0.2, 0.25) is 0 Å². The number of rotatable bonds is 4. The van der Waals surface area contributed by atoms with Gasteiger partial charge < -0.3 is 19.4 Å². The number of H-pyrrole nitrogens is 2. The number of aromatic amines is 2. The molecule has 0 saturated carbocycles. The van der Waals surface area contributed by atoms with Gasteiger partial charge in [0, 0.05) is 54.6 Å². The van der Waals surface area contributed by atoms with Crippen molar-refractivity contribution in [3.63, 3.8) is 0 Å². The molecule has 0 aliphatic carbocycles. The smallest absolute Gasteiger partial charge is 0.254 e. The first-order valence-electron chi connectivity index (χ1n) is 11.5. The van der Waals surface area contributed by atoms with Crippen molar-refractivity contribution in [2.45, 2.75) is 6.54 Å². The molecule has 0 unspecified atom stereocenters. The Kier molecular flexibility index (Phi) is 5.33. The SMILES string of the molecule is O=C(c1ccc2c(-c3cc4cc(CN5CCOCC5)ccc4[nH]3)n[nH]c2c1)N1CCOCC1. The molecule has 170 valence electrons. The van der Waals surface area contributed by atoms with Crippen LogP contribution in [0.3, 0.4) is 0 Å². The summed E-state index contributed by atoms with van der Waals surface area (Å²) in [4.78, 5) is 20.6. The van der Waals surface area contributed by atoms with Gasteiger partial charge >= 0.3 is 0 Å². The van der Waals surface area contributed by atoms with Crippen LogP contribution < -0.4 is 0 Å². The lowest BCUT2D eigenvalue weighted by molar-refractivity contribution is 0.0303. The van der Waals surface area contributed by atoms with E-state index in [0.29, 0.717) is 31.9 Å². The Balaban J connectivity index is 1.26. The van der Waals surface area contributed by atoms with Gasteiger partial charge in [0.2, 0.25) is 0 Å². The normalized spacial score (nSPS) is 17.8. The highest BCUT2D eigenvalue weighted by molar-refractivity contribution is 6.01. The fraction of sp³-hybridized carbons (Fsp3) is 0.360. The monoisotopic (exact) mass is 445 g/mol. The van der Waals surface area contributed by atoms with E-state index >= 15 is 0 Å². The molecule has 8 heteroatoms. The van der Waals surface area contributed by atoms with E-state index in [0.717, 1.165) is 60.7 Å². The third-order valence-electron chi connectivity index (χ3n) is 6.56. The van der Waals surface area contributed by atoms with Crippen molar-refractivity contribution in [3.05, 3.63) is 53.6 Å². The standard InChI is InChI=1S/C25H27N5O3/c31-25(30-7-11-33-12-8-30)18-2-3-20-22(14-18)27-28-24(20)23-15-19-13-17(1-4-21(19)26-23)16-29-5-9-32-10-6-29/h1-4,13-15,26H,5-12,16H2,(H,27,28). The summed E-state index contributed by atoms with van der Waals surface area (Å²) < 4.78 is 10.8. The number of fused-ring (bicyclic) bond motifs is 2. The van der Waals surface area contributed by atoms with Crippen LogP contribution in [0.15, 0.2) is 42.5 Å². The number of amides is 1. The van der Waals surface area contributed by atoms with Gasteiger partial charge in [-0.15, -0.1) is 0 Å². The second-order valence-corrected chi connectivity index (χ2v) is 8.73. The summed E-state index contributed by atoms with van der Waals surface area (Å²) in [6.07, 6.45) is 0. The summed E-state index contributed by atoms with van der Waals surface area (Å²) in [7, 11) is 0. The lowest BCUT2D eigenvalue weighted by atomic mass is 10.1. The second kappa shape index (κ2) is 8.62. The Labute approximate surface area is 191 Å². The number of hydrogen-bond donors (Lipinski definition) is 2. The van der Waals surface area contributed by atoms with E-state index in [1.54, 1.807) is 0 Å². The van der Waals surface area contributed by atoms with E-state index in [4.69, 9.17) is 9.47 Å². The Morgan fingerprint density at radius 3 is 2.52 bits per heavy atom. The number of nitrogens with one attached hydrogen (secondary N) is 2. The number of nitrogens with zero attached hydrogens (tertiary/aromatic N) is 3. The molecular weight excluding hydrogens is 418 g/mol. The molecule has 0 spiro atoms. The maximum atomic E-state index is 12.8. The van der Waals surface area contributed by atoms with Gasteiger partial charge in [0.05, 0.1) is 37.6 Å². The molecule has 33 heavy (non-hydrogen) atoms. The van der Waals surface area contributed by atoms with E-state index in [2.05, 4.69) is 44.3 Å². The van der Waals surface area contributed by atoms with Crippen molar-refractivity contribution in [3.8, 4) is 11.4 Å². The van der Waals surface area contributed by atoms with E-state index in [-0.39, 0.29) is 5.91 Å². The second-order valence-electron chi connectivity index (χ2n) is 8.73. The number of ether oxygens (including phenoxy) is 2. The molecule has 2 aromatic heterocycles. The highest BCUT2D eigenvalue weighted by atomic mass is 16.5. The molecule has 2 N–H and O–H groups in total. The molecule has 2 aromatic carbocycles. The first-order chi connectivity index (χ1) is 16.2. The fourth-order valence-corrected chi connectivity index (χ4v) is 4.73. The van der Waals surface area contributed by atoms with Crippen LogP contribution in [0.5, 0.6) is 0 Å². The Morgan fingerprint density at radius 1 is 0.909 bits per heavy atom. The van der Waals surface area contributed by atoms with Gasteiger partial charge in [-0.3, -0.25) is 14.8 Å². The number of morpholine rings is 2. The molecule has 8 nitrogen and oxygen atoms in total. The van der Waals surface area contributed by atoms with Crippen molar-refractivity contribution in [1.82, 2.24) is 25.0 Å². The minimum Gasteiger partial charge on any atom is -0.379 e. The number of carbonyl (C=O) groups excluding carboxylic acids is 1. The predicted octanol–water partition coefficient (Wildman–Crippen LogP) is 3.02. The number of hydrogen-bond acceptors (Lipinski definition) is 5. The summed E-state index contributed by atoms with van der Waals surface area (Å²) in [5.74, 6) is 0.0368. The van der Waals surface area contributed by atoms with Gasteiger partial charge in [0.25, 0.3) is 5.91 Å². The van der Waals surface area contributed by atoms with Gasteiger partial charge in [0.15, 0.2) is 0 Å². The molecule has 2 aliphatic heterocycles. The molecule has 2 aliphatic rings. The zero-order valence-electron chi connectivity index (χ0n) is 18.5. The van der Waals surface area contributed by atoms with E-state index in [1.807, 2.05) is 23.1 Å². The van der Waals surface area contributed by atoms with Crippen LogP contribution in [0.25, 0.3) is 33.2 Å². The zero-order chi connectivity index (χ0) is 22.2. The number of benzene rings is 2. The van der Waals surface area contributed by atoms with Crippen LogP contribution in [0.1, 0.15) is 15.9 Å². The minimum atomic E-state index is 0.0368. The third-order valence-corrected chi connectivity index (χ3v) is 6.56. The lowest BCUT2D eigenvalue weighted by Gasteiger charge is -2.26. The molecule has 6 rings (SSSR count).